The molecule has 0 radical (unpaired) electrons. The maximum Gasteiger partial charge on any atom is 0.260 e. The molecule has 2 N–H and O–H groups in total. The van der Waals surface area contributed by atoms with E-state index in [2.05, 4.69) is 5.43 Å². The van der Waals surface area contributed by atoms with Crippen molar-refractivity contribution in [3.63, 3.8) is 0 Å². The first-order valence-corrected chi connectivity index (χ1v) is 20.8. The number of nitrogens with one attached hydrogen (secondary N) is 1. The largest absolute Gasteiger partial charge is 0.507 e. The van der Waals surface area contributed by atoms with Crippen LogP contribution in [0.3, 0.4) is 0 Å². The van der Waals surface area contributed by atoms with Crippen LogP contribution >= 0.6 is 0 Å². The van der Waals surface area contributed by atoms with Gasteiger partial charge in [0.2, 0.25) is 11.8 Å². The lowest BCUT2D eigenvalue weighted by Crippen LogP contribution is -2.53. The summed E-state index contributed by atoms with van der Waals surface area (Å²) in [6, 6.07) is 32.3. The van der Waals surface area contributed by atoms with Crippen molar-refractivity contribution in [2.75, 3.05) is 38.8 Å². The first-order valence-electron chi connectivity index (χ1n) is 20.8. The predicted octanol–water partition coefficient (Wildman–Crippen LogP) is 8.09. The van der Waals surface area contributed by atoms with Gasteiger partial charge in [-0.1, -0.05) is 84.0 Å². The third-order valence-corrected chi connectivity index (χ3v) is 13.3. The van der Waals surface area contributed by atoms with Gasteiger partial charge >= 0.3 is 0 Å². The summed E-state index contributed by atoms with van der Waals surface area (Å²) >= 11 is 0. The third-order valence-electron chi connectivity index (χ3n) is 13.3. The van der Waals surface area contributed by atoms with E-state index in [4.69, 9.17) is 18.9 Å². The number of hydrogen-bond donors (Lipinski definition) is 2. The summed E-state index contributed by atoms with van der Waals surface area (Å²) in [5.41, 5.74) is 6.66. The van der Waals surface area contributed by atoms with Gasteiger partial charge in [-0.25, -0.2) is 0 Å². The van der Waals surface area contributed by atoms with Crippen LogP contribution in [0.1, 0.15) is 46.6 Å². The Morgan fingerprint density at radius 3 is 2.11 bits per heavy atom. The maximum absolute atomic E-state index is 15.6. The highest BCUT2D eigenvalue weighted by Gasteiger charge is 2.71. The molecule has 2 saturated heterocycles. The zero-order valence-electron chi connectivity index (χ0n) is 35.5. The predicted molar refractivity (Wildman–Crippen MR) is 237 cm³/mol. The molecule has 0 aromatic heterocycles. The second kappa shape index (κ2) is 16.2. The van der Waals surface area contributed by atoms with Crippen molar-refractivity contribution in [1.82, 2.24) is 5.01 Å². The van der Waals surface area contributed by atoms with Gasteiger partial charge in [0.15, 0.2) is 0 Å². The van der Waals surface area contributed by atoms with E-state index in [9.17, 15) is 14.7 Å². The van der Waals surface area contributed by atoms with Crippen molar-refractivity contribution in [3.05, 3.63) is 149 Å². The molecule has 9 rings (SSSR count). The van der Waals surface area contributed by atoms with E-state index in [0.717, 1.165) is 21.7 Å². The van der Waals surface area contributed by atoms with Gasteiger partial charge in [-0.2, -0.15) is 5.01 Å². The molecule has 4 aliphatic rings. The van der Waals surface area contributed by atoms with Crippen LogP contribution in [0.5, 0.6) is 28.7 Å². The molecule has 12 nitrogen and oxygen atoms in total. The molecule has 320 valence electrons. The Labute approximate surface area is 365 Å². The molecule has 0 bridgehead atoms. The molecular weight excluding hydrogens is 799 g/mol. The van der Waals surface area contributed by atoms with E-state index >= 15 is 9.59 Å². The van der Waals surface area contributed by atoms with Crippen LogP contribution in [-0.4, -0.2) is 62.2 Å². The Kier molecular flexibility index (Phi) is 10.5. The molecule has 2 heterocycles. The number of hydrogen-bond acceptors (Lipinski definition) is 10. The smallest absolute Gasteiger partial charge is 0.260 e. The average Bonchev–Trinajstić information content (AvgIpc) is 3.69. The SMILES string of the molecule is COc1ccc(OC)c(C=Cc2ccc(N3C(=O)[C@H]4[C@H](CC=C5[C@H]4C[C@H]4C(=O)N(Nc6ccc(C)cc6)C(=O)[C@@]4(c4ccccc4)[C@H]5c4c(O)cc(OC)cc4OC)C3=O)cc2)c1. The van der Waals surface area contributed by atoms with Gasteiger partial charge in [-0.3, -0.25) is 29.5 Å². The first-order chi connectivity index (χ1) is 30.5. The Balaban J connectivity index is 1.14. The molecule has 63 heavy (non-hydrogen) atoms. The quantitative estimate of drug-likeness (QED) is 0.0761. The Morgan fingerprint density at radius 2 is 1.43 bits per heavy atom. The first kappa shape index (κ1) is 41.0. The fourth-order valence-electron chi connectivity index (χ4n) is 10.4. The number of carbonyl (C=O) groups is 4. The lowest BCUT2D eigenvalue weighted by Gasteiger charge is -2.50. The van der Waals surface area contributed by atoms with E-state index in [-0.39, 0.29) is 41.7 Å². The molecule has 5 aromatic rings. The minimum Gasteiger partial charge on any atom is -0.507 e. The summed E-state index contributed by atoms with van der Waals surface area (Å²) in [6.07, 6.45) is 6.06. The summed E-state index contributed by atoms with van der Waals surface area (Å²) < 4.78 is 22.4. The monoisotopic (exact) mass is 845 g/mol. The highest BCUT2D eigenvalue weighted by atomic mass is 16.5. The van der Waals surface area contributed by atoms with Gasteiger partial charge in [-0.05, 0) is 79.3 Å². The number of aryl methyl sites for hydroxylation is 1. The number of phenolic OH excluding ortho intramolecular Hbond substituents is 1. The highest BCUT2D eigenvalue weighted by molar-refractivity contribution is 6.22. The van der Waals surface area contributed by atoms with Crippen LogP contribution < -0.4 is 29.3 Å². The number of hydrazine groups is 1. The Bertz CT molecular complexity index is 2700. The van der Waals surface area contributed by atoms with Crippen LogP contribution in [-0.2, 0) is 24.6 Å². The van der Waals surface area contributed by atoms with Crippen molar-refractivity contribution in [2.45, 2.75) is 31.1 Å². The second-order valence-electron chi connectivity index (χ2n) is 16.4. The van der Waals surface area contributed by atoms with Gasteiger partial charge in [0.1, 0.15) is 28.7 Å². The van der Waals surface area contributed by atoms with Crippen molar-refractivity contribution < 1.29 is 43.2 Å². The zero-order valence-corrected chi connectivity index (χ0v) is 35.5. The van der Waals surface area contributed by atoms with Crippen molar-refractivity contribution in [2.24, 2.45) is 23.7 Å². The zero-order chi connectivity index (χ0) is 44.2. The molecule has 2 aliphatic carbocycles. The number of ether oxygens (including phenoxy) is 4. The molecule has 12 heteroatoms. The number of amides is 4. The number of carbonyl (C=O) groups excluding carboxylic acids is 4. The fourth-order valence-corrected chi connectivity index (χ4v) is 10.4. The standard InChI is InChI=1S/C51H47N3O9/c1-29-11-17-33(18-12-29)52-54-48(57)40-28-39-37(46(45-41(55)26-36(61-3)27-43(45)63-5)51(40,50(54)59)32-9-7-6-8-10-32)22-23-38-44(39)49(58)53(47(38)56)34-19-14-30(15-20-34)13-16-31-25-35(60-2)21-24-42(31)62-4/h6-22,24-27,38-40,44,46,52,55H,23,28H2,1-5H3/t38-,39+,40-,44-,46+,51+/m0/s1. The van der Waals surface area contributed by atoms with Gasteiger partial charge in [-0.15, -0.1) is 0 Å². The van der Waals surface area contributed by atoms with Crippen molar-refractivity contribution >= 4 is 47.2 Å². The number of methoxy groups -OCH3 is 4. The molecule has 2 aliphatic heterocycles. The highest BCUT2D eigenvalue weighted by Crippen LogP contribution is 2.66. The Hall–Kier alpha value is -7.34. The fraction of sp³-hybridized carbons (Fsp3) is 0.255. The van der Waals surface area contributed by atoms with Crippen LogP contribution in [0.15, 0.2) is 121 Å². The number of anilines is 2. The van der Waals surface area contributed by atoms with Gasteiger partial charge in [0.05, 0.1) is 63.0 Å². The number of benzene rings is 5. The van der Waals surface area contributed by atoms with Crippen LogP contribution in [0, 0.1) is 30.6 Å². The second-order valence-corrected chi connectivity index (χ2v) is 16.4. The molecule has 5 aromatic carbocycles. The van der Waals surface area contributed by atoms with E-state index in [1.54, 1.807) is 44.6 Å². The maximum atomic E-state index is 15.6. The molecule has 3 fully saturated rings. The minimum absolute atomic E-state index is 0.0958. The van der Waals surface area contributed by atoms with Crippen molar-refractivity contribution in [3.8, 4) is 28.7 Å². The van der Waals surface area contributed by atoms with Crippen molar-refractivity contribution in [1.29, 1.82) is 0 Å². The summed E-state index contributed by atoms with van der Waals surface area (Å²) in [5, 5.41) is 13.1. The van der Waals surface area contributed by atoms with Crippen LogP contribution in [0.2, 0.25) is 0 Å². The lowest BCUT2D eigenvalue weighted by molar-refractivity contribution is -0.138. The molecule has 0 spiro atoms. The summed E-state index contributed by atoms with van der Waals surface area (Å²) in [7, 11) is 6.15. The van der Waals surface area contributed by atoms with E-state index < -0.39 is 46.8 Å². The lowest BCUT2D eigenvalue weighted by atomic mass is 9.49. The number of rotatable bonds is 11. The summed E-state index contributed by atoms with van der Waals surface area (Å²) in [6.45, 7) is 1.95. The molecule has 1 saturated carbocycles. The molecule has 6 atom stereocenters. The van der Waals surface area contributed by atoms with E-state index in [0.29, 0.717) is 39.8 Å². The van der Waals surface area contributed by atoms with Gasteiger partial charge in [0.25, 0.3) is 11.8 Å². The van der Waals surface area contributed by atoms with E-state index in [1.807, 2.05) is 97.9 Å². The minimum atomic E-state index is -1.60. The summed E-state index contributed by atoms with van der Waals surface area (Å²) in [4.78, 5) is 61.3. The normalized spacial score (nSPS) is 23.9. The topological polar surface area (TPSA) is 144 Å². The van der Waals surface area contributed by atoms with Gasteiger partial charge in [0, 0.05) is 29.2 Å². The number of aromatic hydroxyl groups is 1. The van der Waals surface area contributed by atoms with E-state index in [1.165, 1.54) is 25.2 Å². The van der Waals surface area contributed by atoms with Crippen LogP contribution in [0.4, 0.5) is 11.4 Å². The third kappa shape index (κ3) is 6.59. The summed E-state index contributed by atoms with van der Waals surface area (Å²) in [5.74, 6) is -4.20. The van der Waals surface area contributed by atoms with Gasteiger partial charge < -0.3 is 24.1 Å². The van der Waals surface area contributed by atoms with Crippen LogP contribution in [0.25, 0.3) is 12.2 Å². The number of imide groups is 2. The number of phenols is 1. The average molecular weight is 846 g/mol. The molecular formula is C51H47N3O9. The number of fused-ring (bicyclic) bond motifs is 4. The number of allylic oxidation sites excluding steroid dienone is 2. The molecule has 4 amide bonds. The molecule has 0 unspecified atom stereocenters. The Morgan fingerprint density at radius 1 is 0.714 bits per heavy atom. The number of nitrogens with zero attached hydrogens (tertiary/aromatic N) is 2.